The van der Waals surface area contributed by atoms with Gasteiger partial charge in [0.2, 0.25) is 5.91 Å². The molecule has 0 aliphatic carbocycles. The van der Waals surface area contributed by atoms with Crippen LogP contribution in [0.15, 0.2) is 0 Å². The van der Waals surface area contributed by atoms with Crippen LogP contribution in [0.4, 0.5) is 0 Å². The highest BCUT2D eigenvalue weighted by Crippen LogP contribution is 2.05. The average molecular weight is 422 g/mol. The van der Waals surface area contributed by atoms with Crippen molar-refractivity contribution < 1.29 is 34.7 Å². The lowest BCUT2D eigenvalue weighted by molar-refractivity contribution is -0.306. The second-order valence-electron chi connectivity index (χ2n) is 7.05. The van der Waals surface area contributed by atoms with E-state index in [0.29, 0.717) is 13.0 Å². The fourth-order valence-electron chi connectivity index (χ4n) is 2.33. The second-order valence-corrected chi connectivity index (χ2v) is 7.05. The number of carbonyl (C=O) groups excluding carboxylic acids is 1. The molecule has 1 unspecified atom stereocenters. The maximum atomic E-state index is 11.0. The van der Waals surface area contributed by atoms with E-state index in [0.717, 1.165) is 32.1 Å². The highest BCUT2D eigenvalue weighted by Gasteiger charge is 2.03. The number of carboxylic acids is 1. The van der Waals surface area contributed by atoms with Gasteiger partial charge in [0, 0.05) is 6.42 Å². The van der Waals surface area contributed by atoms with Crippen molar-refractivity contribution in [1.29, 1.82) is 0 Å². The zero-order chi connectivity index (χ0) is 22.2. The van der Waals surface area contributed by atoms with E-state index < -0.39 is 12.1 Å². The van der Waals surface area contributed by atoms with Crippen LogP contribution >= 0.6 is 0 Å². The third kappa shape index (κ3) is 29.1. The summed E-state index contributed by atoms with van der Waals surface area (Å²) in [5.74, 6) is -1.16. The molecule has 0 saturated heterocycles. The minimum Gasteiger partial charge on any atom is -0.480 e. The van der Waals surface area contributed by atoms with Gasteiger partial charge in [-0.1, -0.05) is 71.6 Å². The average Bonchev–Trinajstić information content (AvgIpc) is 2.71. The van der Waals surface area contributed by atoms with E-state index in [4.69, 9.17) is 25.1 Å². The number of aliphatic hydroxyl groups excluding tert-OH is 2. The Morgan fingerprint density at radius 1 is 0.862 bits per heavy atom. The standard InChI is InChI=1S/C11H24O4.C10H19NO3/c1-2-3-4-5-6-7-8-14-15-10-11(13)9-12;1-2-3-4-5-6-7-9(12)11-8-10(13)14/h11-13H,2-10H2,1H3;2-8H2,1H3,(H,11,12)(H,13,14). The Balaban J connectivity index is 0. The SMILES string of the molecule is CCCCCCCC(=O)NCC(=O)O.CCCCCCCCOOCC(O)CO. The normalized spacial score (nSPS) is 11.4. The number of nitrogens with one attached hydrogen (secondary N) is 1. The molecule has 0 bridgehead atoms. The molecule has 8 heteroatoms. The monoisotopic (exact) mass is 421 g/mol. The zero-order valence-electron chi connectivity index (χ0n) is 18.4. The third-order valence-electron chi connectivity index (χ3n) is 4.08. The van der Waals surface area contributed by atoms with E-state index in [1.54, 1.807) is 0 Å². The van der Waals surface area contributed by atoms with Crippen molar-refractivity contribution in [1.82, 2.24) is 5.32 Å². The van der Waals surface area contributed by atoms with Gasteiger partial charge in [0.15, 0.2) is 0 Å². The van der Waals surface area contributed by atoms with Crippen LogP contribution in [0.25, 0.3) is 0 Å². The molecule has 0 heterocycles. The molecule has 0 aliphatic rings. The molecule has 0 radical (unpaired) electrons. The predicted octanol–water partition coefficient (Wildman–Crippen LogP) is 3.20. The molecule has 174 valence electrons. The molecule has 0 saturated carbocycles. The van der Waals surface area contributed by atoms with Crippen molar-refractivity contribution in [3.05, 3.63) is 0 Å². The summed E-state index contributed by atoms with van der Waals surface area (Å²) in [5.41, 5.74) is 0. The second kappa shape index (κ2) is 24.8. The number of aliphatic hydroxyl groups is 2. The quantitative estimate of drug-likeness (QED) is 0.143. The van der Waals surface area contributed by atoms with E-state index >= 15 is 0 Å². The van der Waals surface area contributed by atoms with Crippen LogP contribution < -0.4 is 5.32 Å². The molecular formula is C21H43NO7. The van der Waals surface area contributed by atoms with Crippen molar-refractivity contribution in [3.63, 3.8) is 0 Å². The summed E-state index contributed by atoms with van der Waals surface area (Å²) in [4.78, 5) is 30.7. The van der Waals surface area contributed by atoms with E-state index in [1.165, 1.54) is 38.5 Å². The molecule has 0 fully saturated rings. The number of unbranched alkanes of at least 4 members (excludes halogenated alkanes) is 9. The molecule has 8 nitrogen and oxygen atoms in total. The first-order chi connectivity index (χ1) is 14.0. The van der Waals surface area contributed by atoms with E-state index in [2.05, 4.69) is 19.2 Å². The molecule has 0 spiro atoms. The van der Waals surface area contributed by atoms with Crippen molar-refractivity contribution in [2.75, 3.05) is 26.4 Å². The molecule has 1 atom stereocenters. The van der Waals surface area contributed by atoms with Crippen molar-refractivity contribution in [3.8, 4) is 0 Å². The Bertz CT molecular complexity index is 367. The third-order valence-corrected chi connectivity index (χ3v) is 4.08. The number of hydrogen-bond acceptors (Lipinski definition) is 6. The molecule has 0 rings (SSSR count). The fraction of sp³-hybridized carbons (Fsp3) is 0.905. The first-order valence-electron chi connectivity index (χ1n) is 11.0. The van der Waals surface area contributed by atoms with Crippen molar-refractivity contribution in [2.24, 2.45) is 0 Å². The van der Waals surface area contributed by atoms with Crippen molar-refractivity contribution >= 4 is 11.9 Å². The highest BCUT2D eigenvalue weighted by molar-refractivity contribution is 5.80. The largest absolute Gasteiger partial charge is 0.480 e. The molecule has 29 heavy (non-hydrogen) atoms. The van der Waals surface area contributed by atoms with Gasteiger partial charge in [0.05, 0.1) is 13.2 Å². The summed E-state index contributed by atoms with van der Waals surface area (Å²) in [6, 6.07) is 0. The van der Waals surface area contributed by atoms with Gasteiger partial charge in [0.1, 0.15) is 19.3 Å². The van der Waals surface area contributed by atoms with Gasteiger partial charge in [-0.05, 0) is 12.8 Å². The summed E-state index contributed by atoms with van der Waals surface area (Å²) in [6.45, 7) is 4.37. The number of carbonyl (C=O) groups is 2. The smallest absolute Gasteiger partial charge is 0.322 e. The van der Waals surface area contributed by atoms with E-state index in [1.807, 2.05) is 0 Å². The first-order valence-corrected chi connectivity index (χ1v) is 11.0. The van der Waals surface area contributed by atoms with Gasteiger partial charge in [-0.2, -0.15) is 0 Å². The Kier molecular flexibility index (Phi) is 25.7. The maximum absolute atomic E-state index is 11.0. The number of hydrogen-bond donors (Lipinski definition) is 4. The summed E-state index contributed by atoms with van der Waals surface area (Å²) in [5, 5.41) is 28.0. The molecule has 0 aromatic heterocycles. The predicted molar refractivity (Wildman–Crippen MR) is 112 cm³/mol. The van der Waals surface area contributed by atoms with Crippen LogP contribution in [0.3, 0.4) is 0 Å². The number of aliphatic carboxylic acids is 1. The lowest BCUT2D eigenvalue weighted by Crippen LogP contribution is -2.28. The maximum Gasteiger partial charge on any atom is 0.322 e. The Morgan fingerprint density at radius 2 is 1.41 bits per heavy atom. The number of rotatable bonds is 19. The summed E-state index contributed by atoms with van der Waals surface area (Å²) >= 11 is 0. The highest BCUT2D eigenvalue weighted by atomic mass is 17.2. The minimum atomic E-state index is -0.996. The molecule has 0 aromatic rings. The van der Waals surface area contributed by atoms with E-state index in [9.17, 15) is 9.59 Å². The summed E-state index contributed by atoms with van der Waals surface area (Å²) in [7, 11) is 0. The van der Waals surface area contributed by atoms with Crippen LogP contribution in [0.2, 0.25) is 0 Å². The Hall–Kier alpha value is -1.22. The first kappa shape index (κ1) is 30.0. The zero-order valence-corrected chi connectivity index (χ0v) is 18.4. The van der Waals surface area contributed by atoms with Crippen LogP contribution in [-0.4, -0.2) is 59.7 Å². The van der Waals surface area contributed by atoms with Gasteiger partial charge >= 0.3 is 5.97 Å². The molecule has 1 amide bonds. The van der Waals surface area contributed by atoms with Gasteiger partial charge in [-0.3, -0.25) is 9.59 Å². The van der Waals surface area contributed by atoms with E-state index in [-0.39, 0.29) is 25.7 Å². The summed E-state index contributed by atoms with van der Waals surface area (Å²) < 4.78 is 0. The summed E-state index contributed by atoms with van der Waals surface area (Å²) in [6.07, 6.45) is 12.3. The van der Waals surface area contributed by atoms with Gasteiger partial charge in [0.25, 0.3) is 0 Å². The van der Waals surface area contributed by atoms with Gasteiger partial charge in [-0.25, -0.2) is 9.78 Å². The van der Waals surface area contributed by atoms with Crippen molar-refractivity contribution in [2.45, 2.75) is 97.0 Å². The van der Waals surface area contributed by atoms with Crippen LogP contribution in [0.1, 0.15) is 90.9 Å². The van der Waals surface area contributed by atoms with Crippen LogP contribution in [-0.2, 0) is 19.4 Å². The topological polar surface area (TPSA) is 125 Å². The molecular weight excluding hydrogens is 378 g/mol. The molecule has 0 aromatic carbocycles. The molecule has 0 aliphatic heterocycles. The Labute approximate surface area is 175 Å². The number of amides is 1. The minimum absolute atomic E-state index is 0.0341. The van der Waals surface area contributed by atoms with Crippen LogP contribution in [0, 0.1) is 0 Å². The van der Waals surface area contributed by atoms with Gasteiger partial charge < -0.3 is 20.6 Å². The van der Waals surface area contributed by atoms with Crippen LogP contribution in [0.5, 0.6) is 0 Å². The molecule has 4 N–H and O–H groups in total. The lowest BCUT2D eigenvalue weighted by Gasteiger charge is -2.07. The fourth-order valence-corrected chi connectivity index (χ4v) is 2.33. The Morgan fingerprint density at radius 3 is 1.97 bits per heavy atom. The number of carboxylic acid groups (broad SMARTS) is 1. The lowest BCUT2D eigenvalue weighted by atomic mass is 10.1. The van der Waals surface area contributed by atoms with Gasteiger partial charge in [-0.15, -0.1) is 0 Å².